The third-order valence-electron chi connectivity index (χ3n) is 15.8. The summed E-state index contributed by atoms with van der Waals surface area (Å²) in [4.78, 5) is 24.5. The summed E-state index contributed by atoms with van der Waals surface area (Å²) >= 11 is 0. The van der Waals surface area contributed by atoms with Gasteiger partial charge in [0.05, 0.1) is 25.4 Å². The number of aliphatic hydroxyl groups is 2. The molecule has 6 heteroatoms. The van der Waals surface area contributed by atoms with Crippen LogP contribution in [-0.2, 0) is 14.3 Å². The van der Waals surface area contributed by atoms with Gasteiger partial charge >= 0.3 is 5.97 Å². The minimum Gasteiger partial charge on any atom is -0.466 e. The van der Waals surface area contributed by atoms with E-state index in [9.17, 15) is 19.8 Å². The monoisotopic (exact) mass is 1040 g/mol. The molecular weight excluding hydrogens is 911 g/mol. The van der Waals surface area contributed by atoms with Crippen LogP contribution in [0.25, 0.3) is 0 Å². The maximum absolute atomic E-state index is 12.4. The van der Waals surface area contributed by atoms with Crippen molar-refractivity contribution in [3.63, 3.8) is 0 Å². The van der Waals surface area contributed by atoms with Gasteiger partial charge in [0.25, 0.3) is 0 Å². The number of esters is 1. The average Bonchev–Trinajstić information content (AvgIpc) is 3.40. The van der Waals surface area contributed by atoms with E-state index in [1.165, 1.54) is 295 Å². The lowest BCUT2D eigenvalue weighted by Gasteiger charge is -2.22. The molecule has 0 aromatic rings. The maximum atomic E-state index is 12.4. The van der Waals surface area contributed by atoms with Gasteiger partial charge in [-0.25, -0.2) is 0 Å². The van der Waals surface area contributed by atoms with Gasteiger partial charge in [0, 0.05) is 12.8 Å². The third kappa shape index (κ3) is 59.6. The van der Waals surface area contributed by atoms with Gasteiger partial charge < -0.3 is 20.3 Å². The van der Waals surface area contributed by atoms with E-state index in [1.807, 2.05) is 0 Å². The molecule has 3 N–H and O–H groups in total. The van der Waals surface area contributed by atoms with Crippen LogP contribution >= 0.6 is 0 Å². The van der Waals surface area contributed by atoms with Gasteiger partial charge in [0.1, 0.15) is 0 Å². The zero-order valence-electron chi connectivity index (χ0n) is 50.1. The number of nitrogens with one attached hydrogen (secondary N) is 1. The van der Waals surface area contributed by atoms with E-state index >= 15 is 0 Å². The van der Waals surface area contributed by atoms with E-state index in [0.29, 0.717) is 25.9 Å². The molecule has 0 aromatic carbocycles. The Morgan fingerprint density at radius 3 is 1.03 bits per heavy atom. The Morgan fingerprint density at radius 2 is 0.676 bits per heavy atom. The summed E-state index contributed by atoms with van der Waals surface area (Å²) in [5.41, 5.74) is 0. The number of ether oxygens (including phenoxy) is 1. The molecule has 6 nitrogen and oxygen atoms in total. The molecule has 1 amide bonds. The highest BCUT2D eigenvalue weighted by molar-refractivity contribution is 5.76. The number of allylic oxidation sites excluding steroid dienone is 4. The predicted octanol–water partition coefficient (Wildman–Crippen LogP) is 21.4. The Morgan fingerprint density at radius 1 is 0.378 bits per heavy atom. The fourth-order valence-electron chi connectivity index (χ4n) is 10.6. The minimum atomic E-state index is -0.663. The first-order valence-corrected chi connectivity index (χ1v) is 33.6. The van der Waals surface area contributed by atoms with E-state index in [0.717, 1.165) is 44.9 Å². The van der Waals surface area contributed by atoms with Gasteiger partial charge in [-0.05, 0) is 57.8 Å². The lowest BCUT2D eigenvalue weighted by Crippen LogP contribution is -2.45. The molecule has 0 aliphatic carbocycles. The highest BCUT2D eigenvalue weighted by Gasteiger charge is 2.20. The van der Waals surface area contributed by atoms with Crippen molar-refractivity contribution >= 4 is 11.9 Å². The molecule has 0 fully saturated rings. The van der Waals surface area contributed by atoms with Gasteiger partial charge in [0.2, 0.25) is 5.91 Å². The maximum Gasteiger partial charge on any atom is 0.305 e. The fraction of sp³-hybridized carbons (Fsp3) is 0.912. The van der Waals surface area contributed by atoms with Crippen LogP contribution in [0.4, 0.5) is 0 Å². The SMILES string of the molecule is CCCCCCCCCCCCCCCCCCCCC(=O)OCCCCCCCCCCC/C=C\C/C=C\CCCCCCCCCCCCCCCC(=O)NC(CO)C(O)CCCCCCCCCCCC. The van der Waals surface area contributed by atoms with Crippen LogP contribution < -0.4 is 5.32 Å². The number of rotatable bonds is 63. The van der Waals surface area contributed by atoms with Crippen LogP contribution in [0.1, 0.15) is 373 Å². The Balaban J connectivity index is 3.36. The molecule has 0 heterocycles. The number of hydrogen-bond acceptors (Lipinski definition) is 5. The summed E-state index contributed by atoms with van der Waals surface area (Å²) in [6, 6.07) is -0.540. The molecule has 0 aliphatic heterocycles. The summed E-state index contributed by atoms with van der Waals surface area (Å²) in [5, 5.41) is 23.2. The summed E-state index contributed by atoms with van der Waals surface area (Å²) in [6.07, 6.45) is 79.4. The minimum absolute atomic E-state index is 0.0169. The summed E-state index contributed by atoms with van der Waals surface area (Å²) in [5.74, 6) is -0.0194. The molecule has 0 bridgehead atoms. The molecule has 2 unspecified atom stereocenters. The molecule has 0 saturated carbocycles. The molecule has 2 atom stereocenters. The third-order valence-corrected chi connectivity index (χ3v) is 15.8. The normalized spacial score (nSPS) is 12.6. The topological polar surface area (TPSA) is 95.9 Å². The van der Waals surface area contributed by atoms with Crippen molar-refractivity contribution in [3.8, 4) is 0 Å². The standard InChI is InChI=1S/C68H131NO5/c1-3-5-7-9-11-13-15-16-17-18-33-36-39-42-46-50-54-58-62-68(73)74-63-59-55-51-47-43-40-37-34-31-29-27-25-23-21-19-20-22-24-26-28-30-32-35-38-41-45-49-53-57-61-67(72)69-65(64-70)66(71)60-56-52-48-44-14-12-10-8-6-4-2/h19,21,25,27,65-66,70-71H,3-18,20,22-24,26,28-64H2,1-2H3,(H,69,72)/b21-19-,27-25-. The second-order valence-electron chi connectivity index (χ2n) is 23.2. The lowest BCUT2D eigenvalue weighted by atomic mass is 10.0. The number of aliphatic hydroxyl groups excluding tert-OH is 2. The molecule has 438 valence electrons. The van der Waals surface area contributed by atoms with Crippen LogP contribution in [0, 0.1) is 0 Å². The highest BCUT2D eigenvalue weighted by Crippen LogP contribution is 2.18. The number of amides is 1. The molecule has 74 heavy (non-hydrogen) atoms. The van der Waals surface area contributed by atoms with Crippen molar-refractivity contribution in [1.29, 1.82) is 0 Å². The molecular formula is C68H131NO5. The molecule has 0 radical (unpaired) electrons. The van der Waals surface area contributed by atoms with Crippen molar-refractivity contribution in [2.45, 2.75) is 386 Å². The number of carbonyl (C=O) groups is 2. The van der Waals surface area contributed by atoms with Crippen molar-refractivity contribution in [2.75, 3.05) is 13.2 Å². The molecule has 0 rings (SSSR count). The number of hydrogen-bond donors (Lipinski definition) is 3. The van der Waals surface area contributed by atoms with E-state index in [-0.39, 0.29) is 18.5 Å². The molecule has 0 spiro atoms. The van der Waals surface area contributed by atoms with Crippen LogP contribution in [0.15, 0.2) is 24.3 Å². The Labute approximate surface area is 462 Å². The second kappa shape index (κ2) is 63.9. The van der Waals surface area contributed by atoms with Gasteiger partial charge in [-0.3, -0.25) is 9.59 Å². The molecule has 0 aromatic heterocycles. The van der Waals surface area contributed by atoms with E-state index in [4.69, 9.17) is 4.74 Å². The molecule has 0 aliphatic rings. The van der Waals surface area contributed by atoms with Crippen molar-refractivity contribution in [3.05, 3.63) is 24.3 Å². The first-order chi connectivity index (χ1) is 36.5. The largest absolute Gasteiger partial charge is 0.466 e. The second-order valence-corrected chi connectivity index (χ2v) is 23.2. The average molecular weight is 1040 g/mol. The van der Waals surface area contributed by atoms with Gasteiger partial charge in [-0.15, -0.1) is 0 Å². The smallest absolute Gasteiger partial charge is 0.305 e. The fourth-order valence-corrected chi connectivity index (χ4v) is 10.6. The van der Waals surface area contributed by atoms with Crippen LogP contribution in [-0.4, -0.2) is 47.4 Å². The summed E-state index contributed by atoms with van der Waals surface area (Å²) in [6.45, 7) is 4.96. The van der Waals surface area contributed by atoms with Crippen LogP contribution in [0.5, 0.6) is 0 Å². The van der Waals surface area contributed by atoms with E-state index in [2.05, 4.69) is 43.5 Å². The van der Waals surface area contributed by atoms with Gasteiger partial charge in [0.15, 0.2) is 0 Å². The summed E-state index contributed by atoms with van der Waals surface area (Å²) in [7, 11) is 0. The van der Waals surface area contributed by atoms with Crippen molar-refractivity contribution in [2.24, 2.45) is 0 Å². The number of carbonyl (C=O) groups excluding carboxylic acids is 2. The van der Waals surface area contributed by atoms with E-state index in [1.54, 1.807) is 0 Å². The first kappa shape index (κ1) is 72.3. The first-order valence-electron chi connectivity index (χ1n) is 33.6. The van der Waals surface area contributed by atoms with Crippen molar-refractivity contribution < 1.29 is 24.5 Å². The van der Waals surface area contributed by atoms with Crippen LogP contribution in [0.2, 0.25) is 0 Å². The molecule has 0 saturated heterocycles. The van der Waals surface area contributed by atoms with Gasteiger partial charge in [-0.2, -0.15) is 0 Å². The van der Waals surface area contributed by atoms with Crippen molar-refractivity contribution in [1.82, 2.24) is 5.32 Å². The van der Waals surface area contributed by atoms with E-state index < -0.39 is 12.1 Å². The quantitative estimate of drug-likeness (QED) is 0.0320. The summed E-state index contributed by atoms with van der Waals surface area (Å²) < 4.78 is 5.50. The Bertz CT molecular complexity index is 1150. The van der Waals surface area contributed by atoms with Gasteiger partial charge in [-0.1, -0.05) is 327 Å². The lowest BCUT2D eigenvalue weighted by molar-refractivity contribution is -0.143. The van der Waals surface area contributed by atoms with Crippen LogP contribution in [0.3, 0.4) is 0 Å². The zero-order valence-corrected chi connectivity index (χ0v) is 50.1. The predicted molar refractivity (Wildman–Crippen MR) is 324 cm³/mol. The Kier molecular flexibility index (Phi) is 62.4. The Hall–Kier alpha value is -1.66. The zero-order chi connectivity index (χ0) is 53.6. The number of unbranched alkanes of at least 4 members (excludes halogenated alkanes) is 48. The highest BCUT2D eigenvalue weighted by atomic mass is 16.5.